The molecule has 0 bridgehead atoms. The van der Waals surface area contributed by atoms with Crippen molar-refractivity contribution in [1.82, 2.24) is 20.2 Å². The molecule has 2 aliphatic heterocycles. The number of thiophene rings is 1. The Hall–Kier alpha value is -1.77. The van der Waals surface area contributed by atoms with Crippen LogP contribution in [0.3, 0.4) is 0 Å². The van der Waals surface area contributed by atoms with Crippen molar-refractivity contribution in [3.05, 3.63) is 16.3 Å². The molecule has 2 saturated heterocycles. The van der Waals surface area contributed by atoms with E-state index in [9.17, 15) is 4.79 Å². The molecule has 2 aromatic rings. The van der Waals surface area contributed by atoms with Gasteiger partial charge in [0.2, 0.25) is 5.91 Å². The van der Waals surface area contributed by atoms with E-state index in [0.29, 0.717) is 13.1 Å². The second kappa shape index (κ2) is 6.86. The highest BCUT2D eigenvalue weighted by Gasteiger charge is 2.24. The lowest BCUT2D eigenvalue weighted by molar-refractivity contribution is -0.120. The molecule has 0 radical (unpaired) electrons. The summed E-state index contributed by atoms with van der Waals surface area (Å²) < 4.78 is 5.42. The number of amides is 1. The predicted octanol–water partition coefficient (Wildman–Crippen LogP) is 1.08. The van der Waals surface area contributed by atoms with E-state index >= 15 is 0 Å². The highest BCUT2D eigenvalue weighted by molar-refractivity contribution is 7.18. The van der Waals surface area contributed by atoms with Gasteiger partial charge in [0.15, 0.2) is 0 Å². The van der Waals surface area contributed by atoms with Crippen molar-refractivity contribution < 1.29 is 9.53 Å². The number of hydrogen-bond acceptors (Lipinski definition) is 7. The zero-order chi connectivity index (χ0) is 17.4. The highest BCUT2D eigenvalue weighted by Crippen LogP contribution is 2.35. The fraction of sp³-hybridized carbons (Fsp3) is 0.588. The minimum absolute atomic E-state index is 0.0531. The van der Waals surface area contributed by atoms with Crippen molar-refractivity contribution >= 4 is 33.3 Å². The van der Waals surface area contributed by atoms with Gasteiger partial charge in [0.25, 0.3) is 0 Å². The summed E-state index contributed by atoms with van der Waals surface area (Å²) in [7, 11) is 0. The summed E-state index contributed by atoms with van der Waals surface area (Å²) in [5, 5.41) is 3.99. The molecule has 2 aliphatic rings. The lowest BCUT2D eigenvalue weighted by Crippen LogP contribution is -2.48. The Morgan fingerprint density at radius 1 is 1.20 bits per heavy atom. The van der Waals surface area contributed by atoms with E-state index in [1.165, 1.54) is 10.4 Å². The van der Waals surface area contributed by atoms with E-state index in [2.05, 4.69) is 29.0 Å². The second-order valence-corrected chi connectivity index (χ2v) is 7.79. The third-order valence-electron chi connectivity index (χ3n) is 4.86. The van der Waals surface area contributed by atoms with Crippen molar-refractivity contribution in [2.75, 3.05) is 50.8 Å². The minimum atomic E-state index is 0.0531. The van der Waals surface area contributed by atoms with Gasteiger partial charge in [-0.15, -0.1) is 11.3 Å². The first-order chi connectivity index (χ1) is 12.1. The van der Waals surface area contributed by atoms with Crippen LogP contribution in [0.5, 0.6) is 0 Å². The molecule has 0 saturated carbocycles. The number of ether oxygens (including phenoxy) is 1. The average molecular weight is 361 g/mol. The molecule has 4 rings (SSSR count). The van der Waals surface area contributed by atoms with Crippen molar-refractivity contribution in [2.24, 2.45) is 0 Å². The van der Waals surface area contributed by atoms with Gasteiger partial charge in [-0.2, -0.15) is 0 Å². The normalized spacial score (nSPS) is 19.4. The monoisotopic (exact) mass is 361 g/mol. The van der Waals surface area contributed by atoms with E-state index in [0.717, 1.165) is 61.3 Å². The number of aromatic nitrogens is 2. The first-order valence-electron chi connectivity index (χ1n) is 8.70. The van der Waals surface area contributed by atoms with Gasteiger partial charge in [0, 0.05) is 31.1 Å². The van der Waals surface area contributed by atoms with Crippen molar-refractivity contribution in [3.63, 3.8) is 0 Å². The number of carbonyl (C=O) groups is 1. The zero-order valence-corrected chi connectivity index (χ0v) is 15.5. The first-order valence-corrected chi connectivity index (χ1v) is 9.52. The van der Waals surface area contributed by atoms with Crippen LogP contribution in [-0.2, 0) is 16.1 Å². The lowest BCUT2D eigenvalue weighted by atomic mass is 10.2. The molecule has 0 atom stereocenters. The molecule has 134 valence electrons. The van der Waals surface area contributed by atoms with E-state index in [4.69, 9.17) is 14.7 Å². The van der Waals surface area contributed by atoms with Gasteiger partial charge >= 0.3 is 0 Å². The SMILES string of the molecule is Cc1sc2nc(CN3CCOCC3)nc(N3CCNC(=O)C3)c2c1C. The largest absolute Gasteiger partial charge is 0.379 e. The number of hydrogen-bond donors (Lipinski definition) is 1. The Labute approximate surface area is 151 Å². The minimum Gasteiger partial charge on any atom is -0.379 e. The topological polar surface area (TPSA) is 70.6 Å². The molecule has 2 aromatic heterocycles. The molecule has 0 aromatic carbocycles. The maximum absolute atomic E-state index is 11.9. The van der Waals surface area contributed by atoms with Gasteiger partial charge in [0.1, 0.15) is 16.5 Å². The maximum Gasteiger partial charge on any atom is 0.239 e. The molecule has 7 nitrogen and oxygen atoms in total. The molecule has 0 aliphatic carbocycles. The second-order valence-electron chi connectivity index (χ2n) is 6.59. The lowest BCUT2D eigenvalue weighted by Gasteiger charge is -2.29. The summed E-state index contributed by atoms with van der Waals surface area (Å²) in [6.07, 6.45) is 0. The predicted molar refractivity (Wildman–Crippen MR) is 98.2 cm³/mol. The van der Waals surface area contributed by atoms with Gasteiger partial charge in [-0.3, -0.25) is 9.69 Å². The van der Waals surface area contributed by atoms with E-state index in [-0.39, 0.29) is 5.91 Å². The molecule has 25 heavy (non-hydrogen) atoms. The number of nitrogens with one attached hydrogen (secondary N) is 1. The number of anilines is 1. The molecule has 0 spiro atoms. The number of fused-ring (bicyclic) bond motifs is 1. The van der Waals surface area contributed by atoms with Crippen LogP contribution in [0.4, 0.5) is 5.82 Å². The number of aryl methyl sites for hydroxylation is 2. The average Bonchev–Trinajstić information content (AvgIpc) is 2.89. The Kier molecular flexibility index (Phi) is 4.58. The van der Waals surface area contributed by atoms with Crippen LogP contribution in [-0.4, -0.2) is 66.7 Å². The van der Waals surface area contributed by atoms with E-state index < -0.39 is 0 Å². The van der Waals surface area contributed by atoms with Gasteiger partial charge in [0.05, 0.1) is 31.7 Å². The Morgan fingerprint density at radius 3 is 2.76 bits per heavy atom. The number of nitrogens with zero attached hydrogens (tertiary/aromatic N) is 4. The number of piperazine rings is 1. The highest BCUT2D eigenvalue weighted by atomic mass is 32.1. The standard InChI is InChI=1S/C17H23N5O2S/c1-11-12(2)25-17-15(11)16(22-4-3-18-14(23)10-22)19-13(20-17)9-21-5-7-24-8-6-21/h3-10H2,1-2H3,(H,18,23). The molecular weight excluding hydrogens is 338 g/mol. The van der Waals surface area contributed by atoms with Crippen molar-refractivity contribution in [1.29, 1.82) is 0 Å². The summed E-state index contributed by atoms with van der Waals surface area (Å²) in [6.45, 7) is 10.1. The Morgan fingerprint density at radius 2 is 2.00 bits per heavy atom. The van der Waals surface area contributed by atoms with Crippen molar-refractivity contribution in [3.8, 4) is 0 Å². The summed E-state index contributed by atoms with van der Waals surface area (Å²) in [5.74, 6) is 1.79. The van der Waals surface area contributed by atoms with Crippen LogP contribution in [0.2, 0.25) is 0 Å². The van der Waals surface area contributed by atoms with Crippen molar-refractivity contribution in [2.45, 2.75) is 20.4 Å². The summed E-state index contributed by atoms with van der Waals surface area (Å²) in [5.41, 5.74) is 1.22. The quantitative estimate of drug-likeness (QED) is 0.882. The van der Waals surface area contributed by atoms with Crippen LogP contribution >= 0.6 is 11.3 Å². The van der Waals surface area contributed by atoms with Gasteiger partial charge in [-0.1, -0.05) is 0 Å². The van der Waals surface area contributed by atoms with Gasteiger partial charge in [-0.25, -0.2) is 9.97 Å². The fourth-order valence-electron chi connectivity index (χ4n) is 3.35. The first kappa shape index (κ1) is 16.7. The summed E-state index contributed by atoms with van der Waals surface area (Å²) in [6, 6.07) is 0. The van der Waals surface area contributed by atoms with E-state index in [1.807, 2.05) is 0 Å². The molecule has 1 amide bonds. The molecule has 0 unspecified atom stereocenters. The molecule has 1 N–H and O–H groups in total. The van der Waals surface area contributed by atoms with Crippen LogP contribution in [0, 0.1) is 13.8 Å². The fourth-order valence-corrected chi connectivity index (χ4v) is 4.39. The molecular formula is C17H23N5O2S. The van der Waals surface area contributed by atoms with Crippen LogP contribution < -0.4 is 10.2 Å². The number of rotatable bonds is 3. The smallest absolute Gasteiger partial charge is 0.239 e. The number of carbonyl (C=O) groups excluding carboxylic acids is 1. The molecule has 4 heterocycles. The Bertz CT molecular complexity index is 800. The third kappa shape index (κ3) is 3.33. The molecule has 2 fully saturated rings. The zero-order valence-electron chi connectivity index (χ0n) is 14.7. The van der Waals surface area contributed by atoms with E-state index in [1.54, 1.807) is 11.3 Å². The van der Waals surface area contributed by atoms with Crippen LogP contribution in [0.25, 0.3) is 10.2 Å². The molecule has 8 heteroatoms. The van der Waals surface area contributed by atoms with Gasteiger partial charge in [-0.05, 0) is 19.4 Å². The third-order valence-corrected chi connectivity index (χ3v) is 5.96. The Balaban J connectivity index is 1.73. The maximum atomic E-state index is 11.9. The van der Waals surface area contributed by atoms with Crippen LogP contribution in [0.15, 0.2) is 0 Å². The van der Waals surface area contributed by atoms with Gasteiger partial charge < -0.3 is 15.0 Å². The summed E-state index contributed by atoms with van der Waals surface area (Å²) >= 11 is 1.71. The number of morpholine rings is 1. The van der Waals surface area contributed by atoms with Crippen LogP contribution in [0.1, 0.15) is 16.3 Å². The summed E-state index contributed by atoms with van der Waals surface area (Å²) in [4.78, 5) is 28.3.